The Bertz CT molecular complexity index is 376. The number of carbonyl (C=O) groups excluding carboxylic acids is 1. The molecule has 136 valence electrons. The normalized spacial score (nSPS) is 27.3. The van der Waals surface area contributed by atoms with Crippen molar-refractivity contribution >= 4 is 37.1 Å². The molecular formula is C17H33IO4Si. The third-order valence-corrected chi connectivity index (χ3v) is 12.0. The molecule has 4 atom stereocenters. The van der Waals surface area contributed by atoms with Crippen LogP contribution in [0.15, 0.2) is 0 Å². The zero-order valence-corrected chi connectivity index (χ0v) is 18.9. The lowest BCUT2D eigenvalue weighted by atomic mass is 9.95. The second-order valence-corrected chi connectivity index (χ2v) is 15.1. The van der Waals surface area contributed by atoms with Gasteiger partial charge in [0.15, 0.2) is 0 Å². The molecule has 0 aromatic carbocycles. The van der Waals surface area contributed by atoms with Gasteiger partial charge in [0.25, 0.3) is 0 Å². The Labute approximate surface area is 156 Å². The largest absolute Gasteiger partial charge is 0.508 e. The molecule has 0 aromatic rings. The number of carbonyl (C=O) groups is 1. The highest BCUT2D eigenvalue weighted by Gasteiger charge is 2.47. The first-order valence-electron chi connectivity index (χ1n) is 8.69. The predicted molar refractivity (Wildman–Crippen MR) is 105 cm³/mol. The van der Waals surface area contributed by atoms with Crippen LogP contribution in [0.4, 0.5) is 4.79 Å². The fraction of sp³-hybridized carbons (Fsp3) is 0.941. The van der Waals surface area contributed by atoms with Gasteiger partial charge < -0.3 is 13.9 Å². The van der Waals surface area contributed by atoms with Crippen molar-refractivity contribution in [2.75, 3.05) is 6.61 Å². The van der Waals surface area contributed by atoms with Crippen LogP contribution in [0.1, 0.15) is 55.4 Å². The maximum Gasteiger partial charge on any atom is 0.508 e. The van der Waals surface area contributed by atoms with Gasteiger partial charge >= 0.3 is 6.16 Å². The Kier molecular flexibility index (Phi) is 7.86. The SMILES string of the molecule is CC(C)[Si](OC[C@H]1OC(=O)O[C@@H]([C@H](C)I)[C@H]1C)(C(C)C)C(C)C. The van der Waals surface area contributed by atoms with Gasteiger partial charge in [-0.2, -0.15) is 0 Å². The molecule has 0 bridgehead atoms. The van der Waals surface area contributed by atoms with E-state index in [0.717, 1.165) is 0 Å². The number of cyclic esters (lactones) is 2. The van der Waals surface area contributed by atoms with Gasteiger partial charge in [-0.1, -0.05) is 71.1 Å². The van der Waals surface area contributed by atoms with E-state index in [-0.39, 0.29) is 22.1 Å². The summed E-state index contributed by atoms with van der Waals surface area (Å²) in [4.78, 5) is 11.8. The topological polar surface area (TPSA) is 44.8 Å². The second kappa shape index (κ2) is 8.51. The van der Waals surface area contributed by atoms with Crippen molar-refractivity contribution in [2.24, 2.45) is 5.92 Å². The van der Waals surface area contributed by atoms with E-state index in [1.165, 1.54) is 0 Å². The summed E-state index contributed by atoms with van der Waals surface area (Å²) in [5, 5.41) is 0. The highest BCUT2D eigenvalue weighted by atomic mass is 127. The van der Waals surface area contributed by atoms with E-state index < -0.39 is 14.5 Å². The minimum absolute atomic E-state index is 0.112. The van der Waals surface area contributed by atoms with Gasteiger partial charge in [0, 0.05) is 9.84 Å². The summed E-state index contributed by atoms with van der Waals surface area (Å²) in [6, 6.07) is 0. The Morgan fingerprint density at radius 1 is 1.04 bits per heavy atom. The fourth-order valence-corrected chi connectivity index (χ4v) is 10.4. The van der Waals surface area contributed by atoms with E-state index in [4.69, 9.17) is 13.9 Å². The zero-order valence-electron chi connectivity index (χ0n) is 15.8. The van der Waals surface area contributed by atoms with Crippen LogP contribution in [0.2, 0.25) is 16.6 Å². The van der Waals surface area contributed by atoms with Gasteiger partial charge in [-0.25, -0.2) is 4.79 Å². The van der Waals surface area contributed by atoms with Crippen LogP contribution in [0.3, 0.4) is 0 Å². The van der Waals surface area contributed by atoms with Gasteiger partial charge in [-0.15, -0.1) is 0 Å². The minimum Gasteiger partial charge on any atom is -0.429 e. The molecule has 1 fully saturated rings. The molecule has 0 spiro atoms. The van der Waals surface area contributed by atoms with Crippen LogP contribution in [0, 0.1) is 5.92 Å². The predicted octanol–water partition coefficient (Wildman–Crippen LogP) is 5.54. The van der Waals surface area contributed by atoms with Crippen molar-refractivity contribution < 1.29 is 18.7 Å². The summed E-state index contributed by atoms with van der Waals surface area (Å²) in [6.07, 6.45) is -0.892. The standard InChI is InChI=1S/C17H33IO4Si/c1-10(2)23(11(3)4,12(5)6)20-9-15-13(7)16(14(8)18)22-17(19)21-15/h10-16H,9H2,1-8H3/t13-,14-,15+,16+/m0/s1. The molecule has 0 amide bonds. The minimum atomic E-state index is -1.95. The summed E-state index contributed by atoms with van der Waals surface area (Å²) in [7, 11) is -1.95. The summed E-state index contributed by atoms with van der Waals surface area (Å²) in [5.41, 5.74) is 1.56. The molecule has 1 aliphatic heterocycles. The van der Waals surface area contributed by atoms with Gasteiger partial charge in [0.2, 0.25) is 8.32 Å². The fourth-order valence-electron chi connectivity index (χ4n) is 4.11. The van der Waals surface area contributed by atoms with Crippen LogP contribution in [-0.2, 0) is 13.9 Å². The average Bonchev–Trinajstić information content (AvgIpc) is 2.41. The first-order chi connectivity index (χ1) is 10.5. The molecule has 0 aliphatic carbocycles. The monoisotopic (exact) mass is 456 g/mol. The lowest BCUT2D eigenvalue weighted by Gasteiger charge is -2.44. The van der Waals surface area contributed by atoms with E-state index in [1.807, 2.05) is 0 Å². The lowest BCUT2D eigenvalue weighted by molar-refractivity contribution is -0.104. The van der Waals surface area contributed by atoms with Crippen molar-refractivity contribution in [1.82, 2.24) is 0 Å². The third-order valence-electron chi connectivity index (χ3n) is 5.24. The summed E-state index contributed by atoms with van der Waals surface area (Å²) in [6.45, 7) is 18.2. The first kappa shape index (κ1) is 21.2. The Morgan fingerprint density at radius 2 is 1.52 bits per heavy atom. The van der Waals surface area contributed by atoms with E-state index in [2.05, 4.69) is 78.0 Å². The van der Waals surface area contributed by atoms with E-state index in [1.54, 1.807) is 0 Å². The molecule has 4 nitrogen and oxygen atoms in total. The van der Waals surface area contributed by atoms with Crippen molar-refractivity contribution in [3.8, 4) is 0 Å². The molecule has 0 radical (unpaired) electrons. The van der Waals surface area contributed by atoms with Crippen molar-refractivity contribution in [2.45, 2.75) is 88.1 Å². The van der Waals surface area contributed by atoms with E-state index in [0.29, 0.717) is 23.2 Å². The molecule has 1 rings (SSSR count). The molecule has 0 aromatic heterocycles. The number of ether oxygens (including phenoxy) is 2. The number of hydrogen-bond donors (Lipinski definition) is 0. The van der Waals surface area contributed by atoms with Crippen LogP contribution in [-0.4, -0.2) is 37.2 Å². The molecule has 1 aliphatic rings. The van der Waals surface area contributed by atoms with Crippen LogP contribution >= 0.6 is 22.6 Å². The van der Waals surface area contributed by atoms with Gasteiger partial charge in [-0.3, -0.25) is 0 Å². The molecule has 23 heavy (non-hydrogen) atoms. The molecule has 6 heteroatoms. The highest BCUT2D eigenvalue weighted by Crippen LogP contribution is 2.42. The maximum atomic E-state index is 11.8. The van der Waals surface area contributed by atoms with Crippen LogP contribution in [0.25, 0.3) is 0 Å². The first-order valence-corrected chi connectivity index (χ1v) is 12.1. The smallest absolute Gasteiger partial charge is 0.429 e. The van der Waals surface area contributed by atoms with Crippen molar-refractivity contribution in [1.29, 1.82) is 0 Å². The van der Waals surface area contributed by atoms with Gasteiger partial charge in [0.1, 0.15) is 12.2 Å². The van der Waals surface area contributed by atoms with E-state index in [9.17, 15) is 4.79 Å². The van der Waals surface area contributed by atoms with Crippen LogP contribution in [0.5, 0.6) is 0 Å². The summed E-state index contributed by atoms with van der Waals surface area (Å²) in [5.74, 6) is 0.137. The summed E-state index contributed by atoms with van der Waals surface area (Å²) < 4.78 is 17.7. The van der Waals surface area contributed by atoms with Crippen molar-refractivity contribution in [3.63, 3.8) is 0 Å². The highest BCUT2D eigenvalue weighted by molar-refractivity contribution is 14.1. The zero-order chi connectivity index (χ0) is 17.9. The number of halogens is 1. The van der Waals surface area contributed by atoms with Gasteiger partial charge in [0.05, 0.1) is 6.61 Å². The molecule has 1 saturated heterocycles. The number of hydrogen-bond acceptors (Lipinski definition) is 4. The lowest BCUT2D eigenvalue weighted by Crippen LogP contribution is -2.53. The number of rotatable bonds is 7. The number of alkyl halides is 1. The third kappa shape index (κ3) is 4.63. The second-order valence-electron chi connectivity index (χ2n) is 7.65. The molecule has 0 saturated carbocycles. The van der Waals surface area contributed by atoms with E-state index >= 15 is 0 Å². The molecular weight excluding hydrogens is 423 g/mol. The average molecular weight is 456 g/mol. The molecule has 0 unspecified atom stereocenters. The summed E-state index contributed by atoms with van der Waals surface area (Å²) >= 11 is 2.31. The Balaban J connectivity index is 2.90. The quantitative estimate of drug-likeness (QED) is 0.218. The molecule has 1 heterocycles. The Morgan fingerprint density at radius 3 is 1.91 bits per heavy atom. The van der Waals surface area contributed by atoms with Crippen LogP contribution < -0.4 is 0 Å². The maximum absolute atomic E-state index is 11.8. The Hall–Kier alpha value is 0.177. The van der Waals surface area contributed by atoms with Gasteiger partial charge in [-0.05, 0) is 23.5 Å². The van der Waals surface area contributed by atoms with Crippen molar-refractivity contribution in [3.05, 3.63) is 0 Å². The molecule has 0 N–H and O–H groups in total.